The largest absolute Gasteiger partial charge is 0.465 e. The van der Waals surface area contributed by atoms with Crippen molar-refractivity contribution in [1.29, 1.82) is 0 Å². The first-order valence-electron chi connectivity index (χ1n) is 13.7. The average molecular weight is 624 g/mol. The molecule has 1 saturated heterocycles. The molecule has 4 aromatic carbocycles. The Bertz CT molecular complexity index is 1780. The number of carbonyl (C=O) groups excluding carboxylic acids is 5. The zero-order valence-electron chi connectivity index (χ0n) is 23.9. The second-order valence-electron chi connectivity index (χ2n) is 9.82. The summed E-state index contributed by atoms with van der Waals surface area (Å²) in [6.07, 6.45) is 1.44. The van der Waals surface area contributed by atoms with Gasteiger partial charge in [-0.05, 0) is 84.4 Å². The number of esters is 1. The molecule has 0 radical (unpaired) electrons. The molecule has 1 fully saturated rings. The van der Waals surface area contributed by atoms with Gasteiger partial charge in [-0.2, -0.15) is 0 Å². The van der Waals surface area contributed by atoms with E-state index in [1.165, 1.54) is 73.5 Å². The molecule has 1 aliphatic rings. The van der Waals surface area contributed by atoms with Gasteiger partial charge < -0.3 is 15.4 Å². The van der Waals surface area contributed by atoms with Gasteiger partial charge in [0.2, 0.25) is 11.8 Å². The van der Waals surface area contributed by atoms with Crippen LogP contribution in [0.15, 0.2) is 114 Å². The van der Waals surface area contributed by atoms with Crippen molar-refractivity contribution in [3.05, 3.63) is 131 Å². The smallest absolute Gasteiger partial charge is 0.337 e. The number of methoxy groups -OCH3 is 1. The lowest BCUT2D eigenvalue weighted by Gasteiger charge is -2.15. The Morgan fingerprint density at radius 3 is 2.18 bits per heavy atom. The lowest BCUT2D eigenvalue weighted by molar-refractivity contribution is -0.121. The molecule has 1 atom stereocenters. The number of carbonyl (C=O) groups is 5. The van der Waals surface area contributed by atoms with Crippen LogP contribution in [0.4, 0.5) is 15.8 Å². The fourth-order valence-corrected chi connectivity index (χ4v) is 5.53. The molecule has 0 spiro atoms. The molecule has 11 heteroatoms. The van der Waals surface area contributed by atoms with Gasteiger partial charge >= 0.3 is 5.97 Å². The van der Waals surface area contributed by atoms with Gasteiger partial charge in [-0.15, -0.1) is 11.8 Å². The molecule has 0 aromatic heterocycles. The van der Waals surface area contributed by atoms with Crippen LogP contribution in [0.1, 0.15) is 32.7 Å². The minimum Gasteiger partial charge on any atom is -0.465 e. The maximum atomic E-state index is 13.4. The van der Waals surface area contributed by atoms with E-state index >= 15 is 0 Å². The molecule has 45 heavy (non-hydrogen) atoms. The standard InChI is InChI=1S/C34H26FN3O6S/c1-44-34(43)23-9-15-26(16-10-23)38-30(39)20-29(33(38)42)45-27-17-13-25(14-18-27)36-32(41)28(19-21-7-11-24(35)12-8-21)37-31(40)22-5-3-2-4-6-22/h2-19,29H,20H2,1H3,(H,36,41)(H,37,40)/b28-19-. The molecular formula is C34H26FN3O6S. The van der Waals surface area contributed by atoms with Gasteiger partial charge in [-0.25, -0.2) is 14.1 Å². The Balaban J connectivity index is 1.26. The maximum absolute atomic E-state index is 13.4. The van der Waals surface area contributed by atoms with E-state index in [4.69, 9.17) is 0 Å². The zero-order chi connectivity index (χ0) is 31.9. The quantitative estimate of drug-likeness (QED) is 0.145. The molecule has 1 aliphatic heterocycles. The number of ether oxygens (including phenoxy) is 1. The molecule has 0 bridgehead atoms. The second kappa shape index (κ2) is 13.8. The molecule has 226 valence electrons. The minimum atomic E-state index is -0.656. The zero-order valence-corrected chi connectivity index (χ0v) is 24.7. The normalized spacial score (nSPS) is 14.7. The summed E-state index contributed by atoms with van der Waals surface area (Å²) in [5, 5.41) is 4.72. The summed E-state index contributed by atoms with van der Waals surface area (Å²) in [6, 6.07) is 26.6. The van der Waals surface area contributed by atoms with Crippen LogP contribution in [0.3, 0.4) is 0 Å². The number of hydrogen-bond acceptors (Lipinski definition) is 7. The highest BCUT2D eigenvalue weighted by molar-refractivity contribution is 8.00. The Morgan fingerprint density at radius 2 is 1.53 bits per heavy atom. The number of thioether (sulfide) groups is 1. The van der Waals surface area contributed by atoms with E-state index in [9.17, 15) is 28.4 Å². The number of halogens is 1. The first-order chi connectivity index (χ1) is 21.7. The predicted octanol–water partition coefficient (Wildman–Crippen LogP) is 5.45. The third-order valence-electron chi connectivity index (χ3n) is 6.75. The number of anilines is 2. The summed E-state index contributed by atoms with van der Waals surface area (Å²) < 4.78 is 18.1. The average Bonchev–Trinajstić information content (AvgIpc) is 3.34. The molecule has 2 N–H and O–H groups in total. The fourth-order valence-electron chi connectivity index (χ4n) is 4.48. The van der Waals surface area contributed by atoms with Crippen molar-refractivity contribution in [2.75, 3.05) is 17.3 Å². The van der Waals surface area contributed by atoms with Crippen LogP contribution >= 0.6 is 11.8 Å². The molecule has 5 rings (SSSR count). The van der Waals surface area contributed by atoms with Crippen LogP contribution < -0.4 is 15.5 Å². The number of nitrogens with zero attached hydrogens (tertiary/aromatic N) is 1. The van der Waals surface area contributed by atoms with Gasteiger partial charge in [0.1, 0.15) is 11.5 Å². The van der Waals surface area contributed by atoms with Crippen molar-refractivity contribution in [3.8, 4) is 0 Å². The Hall–Kier alpha value is -5.55. The van der Waals surface area contributed by atoms with Gasteiger partial charge in [-0.1, -0.05) is 30.3 Å². The van der Waals surface area contributed by atoms with Gasteiger partial charge in [0.15, 0.2) is 0 Å². The van der Waals surface area contributed by atoms with Crippen molar-refractivity contribution >= 4 is 58.8 Å². The number of amides is 4. The summed E-state index contributed by atoms with van der Waals surface area (Å²) >= 11 is 1.22. The van der Waals surface area contributed by atoms with E-state index in [0.29, 0.717) is 33.0 Å². The van der Waals surface area contributed by atoms with E-state index in [1.54, 1.807) is 54.6 Å². The Kier molecular flexibility index (Phi) is 9.49. The Morgan fingerprint density at radius 1 is 0.867 bits per heavy atom. The van der Waals surface area contributed by atoms with Crippen LogP contribution in [0.2, 0.25) is 0 Å². The van der Waals surface area contributed by atoms with Crippen molar-refractivity contribution in [2.24, 2.45) is 0 Å². The Labute approximate surface area is 262 Å². The number of hydrogen-bond donors (Lipinski definition) is 2. The number of imide groups is 1. The number of nitrogens with one attached hydrogen (secondary N) is 2. The third kappa shape index (κ3) is 7.51. The highest BCUT2D eigenvalue weighted by Crippen LogP contribution is 2.34. The van der Waals surface area contributed by atoms with Crippen LogP contribution in [-0.4, -0.2) is 42.0 Å². The van der Waals surface area contributed by atoms with E-state index in [2.05, 4.69) is 15.4 Å². The van der Waals surface area contributed by atoms with Crippen molar-refractivity contribution < 1.29 is 33.1 Å². The SMILES string of the molecule is COC(=O)c1ccc(N2C(=O)CC(Sc3ccc(NC(=O)/C(=C/c4ccc(F)cc4)NC(=O)c4ccccc4)cc3)C2=O)cc1. The summed E-state index contributed by atoms with van der Waals surface area (Å²) in [4.78, 5) is 65.4. The highest BCUT2D eigenvalue weighted by atomic mass is 32.2. The summed E-state index contributed by atoms with van der Waals surface area (Å²) in [5.74, 6) is -2.78. The van der Waals surface area contributed by atoms with Gasteiger partial charge in [0, 0.05) is 22.6 Å². The predicted molar refractivity (Wildman–Crippen MR) is 168 cm³/mol. The van der Waals surface area contributed by atoms with Gasteiger partial charge in [-0.3, -0.25) is 19.2 Å². The van der Waals surface area contributed by atoms with E-state index in [-0.39, 0.29) is 23.9 Å². The van der Waals surface area contributed by atoms with Crippen LogP contribution in [0.5, 0.6) is 0 Å². The van der Waals surface area contributed by atoms with Gasteiger partial charge in [0.05, 0.1) is 23.6 Å². The van der Waals surface area contributed by atoms with Crippen LogP contribution in [-0.2, 0) is 19.1 Å². The van der Waals surface area contributed by atoms with Crippen molar-refractivity contribution in [1.82, 2.24) is 5.32 Å². The number of rotatable bonds is 9. The first kappa shape index (κ1) is 30.9. The van der Waals surface area contributed by atoms with Crippen molar-refractivity contribution in [2.45, 2.75) is 16.6 Å². The number of benzene rings is 4. The van der Waals surface area contributed by atoms with Crippen LogP contribution in [0, 0.1) is 5.82 Å². The van der Waals surface area contributed by atoms with Crippen LogP contribution in [0.25, 0.3) is 6.08 Å². The van der Waals surface area contributed by atoms with E-state index in [1.807, 2.05) is 0 Å². The van der Waals surface area contributed by atoms with Gasteiger partial charge in [0.25, 0.3) is 11.8 Å². The monoisotopic (exact) mass is 623 g/mol. The topological polar surface area (TPSA) is 122 Å². The molecule has 0 aliphatic carbocycles. The lowest BCUT2D eigenvalue weighted by Crippen LogP contribution is -2.31. The minimum absolute atomic E-state index is 0.000602. The third-order valence-corrected chi connectivity index (χ3v) is 7.95. The molecule has 0 saturated carbocycles. The first-order valence-corrected chi connectivity index (χ1v) is 14.6. The lowest BCUT2D eigenvalue weighted by atomic mass is 10.1. The molecule has 4 aromatic rings. The van der Waals surface area contributed by atoms with E-state index in [0.717, 1.165) is 4.90 Å². The highest BCUT2D eigenvalue weighted by Gasteiger charge is 2.40. The molecule has 1 unspecified atom stereocenters. The summed E-state index contributed by atoms with van der Waals surface area (Å²) in [5.41, 5.74) is 1.89. The molecular weight excluding hydrogens is 597 g/mol. The second-order valence-corrected chi connectivity index (χ2v) is 11.1. The summed E-state index contributed by atoms with van der Waals surface area (Å²) in [7, 11) is 1.27. The van der Waals surface area contributed by atoms with E-state index < -0.39 is 28.9 Å². The van der Waals surface area contributed by atoms with Crippen molar-refractivity contribution in [3.63, 3.8) is 0 Å². The maximum Gasteiger partial charge on any atom is 0.337 e. The molecule has 1 heterocycles. The molecule has 9 nitrogen and oxygen atoms in total. The molecule has 4 amide bonds. The summed E-state index contributed by atoms with van der Waals surface area (Å²) in [6.45, 7) is 0. The fraction of sp³-hybridized carbons (Fsp3) is 0.0882.